The minimum atomic E-state index is -0.231. The number of amides is 2. The van der Waals surface area contributed by atoms with Crippen molar-refractivity contribution in [2.45, 2.75) is 19.4 Å². The van der Waals surface area contributed by atoms with Gasteiger partial charge in [0, 0.05) is 44.2 Å². The Labute approximate surface area is 141 Å². The molecule has 1 aromatic rings. The Kier molecular flexibility index (Phi) is 4.87. The lowest BCUT2D eigenvalue weighted by molar-refractivity contribution is -0.139. The highest BCUT2D eigenvalue weighted by Crippen LogP contribution is 2.31. The van der Waals surface area contributed by atoms with E-state index in [0.29, 0.717) is 37.6 Å². The van der Waals surface area contributed by atoms with E-state index in [9.17, 15) is 9.59 Å². The molecule has 0 spiro atoms. The van der Waals surface area contributed by atoms with Crippen LogP contribution in [-0.2, 0) is 9.59 Å². The van der Waals surface area contributed by atoms with Gasteiger partial charge in [-0.15, -0.1) is 0 Å². The minimum absolute atomic E-state index is 0.0701. The first kappa shape index (κ1) is 16.3. The molecule has 124 valence electrons. The third kappa shape index (κ3) is 3.21. The van der Waals surface area contributed by atoms with E-state index in [1.54, 1.807) is 4.90 Å². The van der Waals surface area contributed by atoms with Crippen molar-refractivity contribution >= 4 is 23.4 Å². The third-order valence-corrected chi connectivity index (χ3v) is 5.08. The molecule has 0 saturated carbocycles. The normalized spacial score (nSPS) is 25.0. The van der Waals surface area contributed by atoms with E-state index < -0.39 is 0 Å². The van der Waals surface area contributed by atoms with Crippen LogP contribution in [0.15, 0.2) is 24.3 Å². The lowest BCUT2D eigenvalue weighted by Gasteiger charge is -2.38. The van der Waals surface area contributed by atoms with Gasteiger partial charge in [0.15, 0.2) is 0 Å². The smallest absolute Gasteiger partial charge is 0.228 e. The molecule has 2 unspecified atom stereocenters. The molecular formula is C17H22ClN3O2. The number of nitrogens with one attached hydrogen (secondary N) is 1. The molecule has 1 aromatic carbocycles. The van der Waals surface area contributed by atoms with Gasteiger partial charge in [-0.3, -0.25) is 9.59 Å². The molecule has 2 heterocycles. The van der Waals surface area contributed by atoms with Crippen LogP contribution in [0, 0.1) is 5.92 Å². The zero-order valence-corrected chi connectivity index (χ0v) is 14.1. The number of halogens is 1. The van der Waals surface area contributed by atoms with Gasteiger partial charge < -0.3 is 15.1 Å². The largest absolute Gasteiger partial charge is 0.342 e. The number of rotatable bonds is 3. The Morgan fingerprint density at radius 2 is 2.17 bits per heavy atom. The monoisotopic (exact) mass is 335 g/mol. The summed E-state index contributed by atoms with van der Waals surface area (Å²) in [4.78, 5) is 28.6. The second-order valence-corrected chi connectivity index (χ2v) is 6.51. The minimum Gasteiger partial charge on any atom is -0.342 e. The predicted octanol–water partition coefficient (Wildman–Crippen LogP) is 1.68. The van der Waals surface area contributed by atoms with Crippen molar-refractivity contribution in [3.8, 4) is 0 Å². The number of carbonyl (C=O) groups excluding carboxylic acids is 2. The van der Waals surface area contributed by atoms with Crippen molar-refractivity contribution in [3.63, 3.8) is 0 Å². The van der Waals surface area contributed by atoms with E-state index >= 15 is 0 Å². The van der Waals surface area contributed by atoms with E-state index in [1.807, 2.05) is 36.1 Å². The molecular weight excluding hydrogens is 314 g/mol. The highest BCUT2D eigenvalue weighted by Gasteiger charge is 2.39. The van der Waals surface area contributed by atoms with E-state index in [2.05, 4.69) is 5.32 Å². The Hall–Kier alpha value is -1.59. The van der Waals surface area contributed by atoms with Crippen molar-refractivity contribution < 1.29 is 9.59 Å². The van der Waals surface area contributed by atoms with Gasteiger partial charge in [-0.25, -0.2) is 0 Å². The number of benzene rings is 1. The average molecular weight is 336 g/mol. The van der Waals surface area contributed by atoms with Crippen LogP contribution >= 0.6 is 11.6 Å². The van der Waals surface area contributed by atoms with Gasteiger partial charge in [-0.2, -0.15) is 0 Å². The average Bonchev–Trinajstić information content (AvgIpc) is 2.95. The number of hydrogen-bond acceptors (Lipinski definition) is 3. The number of nitrogens with zero attached hydrogens (tertiary/aromatic N) is 2. The van der Waals surface area contributed by atoms with Gasteiger partial charge in [-0.1, -0.05) is 29.8 Å². The molecule has 2 fully saturated rings. The quantitative estimate of drug-likeness (QED) is 0.914. The number of piperazine rings is 1. The van der Waals surface area contributed by atoms with Crippen LogP contribution in [0.4, 0.5) is 0 Å². The fourth-order valence-electron chi connectivity index (χ4n) is 3.47. The number of carbonyl (C=O) groups is 2. The predicted molar refractivity (Wildman–Crippen MR) is 89.1 cm³/mol. The van der Waals surface area contributed by atoms with Crippen molar-refractivity contribution in [2.24, 2.45) is 5.92 Å². The van der Waals surface area contributed by atoms with Gasteiger partial charge in [0.2, 0.25) is 11.8 Å². The molecule has 2 amide bonds. The molecule has 2 aliphatic heterocycles. The molecule has 5 nitrogen and oxygen atoms in total. The summed E-state index contributed by atoms with van der Waals surface area (Å²) in [5.41, 5.74) is 0.964. The highest BCUT2D eigenvalue weighted by atomic mass is 35.5. The summed E-state index contributed by atoms with van der Waals surface area (Å²) < 4.78 is 0. The number of likely N-dealkylation sites (tertiary alicyclic amines) is 1. The molecule has 1 N–H and O–H groups in total. The summed E-state index contributed by atoms with van der Waals surface area (Å²) in [7, 11) is 0. The molecule has 2 aliphatic rings. The van der Waals surface area contributed by atoms with Crippen LogP contribution in [-0.4, -0.2) is 54.3 Å². The molecule has 2 atom stereocenters. The first-order valence-corrected chi connectivity index (χ1v) is 8.53. The maximum atomic E-state index is 13.0. The van der Waals surface area contributed by atoms with Crippen LogP contribution < -0.4 is 5.32 Å². The lowest BCUT2D eigenvalue weighted by atomic mass is 9.99. The van der Waals surface area contributed by atoms with Crippen LogP contribution in [0.25, 0.3) is 0 Å². The second-order valence-electron chi connectivity index (χ2n) is 6.11. The van der Waals surface area contributed by atoms with E-state index in [-0.39, 0.29) is 23.8 Å². The molecule has 2 saturated heterocycles. The highest BCUT2D eigenvalue weighted by molar-refractivity contribution is 6.31. The van der Waals surface area contributed by atoms with Crippen molar-refractivity contribution in [1.82, 2.24) is 15.1 Å². The molecule has 0 aliphatic carbocycles. The fourth-order valence-corrected chi connectivity index (χ4v) is 3.73. The van der Waals surface area contributed by atoms with Gasteiger partial charge in [-0.05, 0) is 18.6 Å². The third-order valence-electron chi connectivity index (χ3n) is 4.74. The zero-order valence-electron chi connectivity index (χ0n) is 13.3. The molecule has 0 bridgehead atoms. The molecule has 23 heavy (non-hydrogen) atoms. The maximum absolute atomic E-state index is 13.0. The molecule has 6 heteroatoms. The van der Waals surface area contributed by atoms with Crippen LogP contribution in [0.3, 0.4) is 0 Å². The van der Waals surface area contributed by atoms with Crippen molar-refractivity contribution in [3.05, 3.63) is 34.9 Å². The zero-order chi connectivity index (χ0) is 16.4. The van der Waals surface area contributed by atoms with Gasteiger partial charge in [0.25, 0.3) is 0 Å². The second kappa shape index (κ2) is 6.89. The van der Waals surface area contributed by atoms with E-state index in [0.717, 1.165) is 12.1 Å². The van der Waals surface area contributed by atoms with E-state index in [4.69, 9.17) is 11.6 Å². The Balaban J connectivity index is 1.80. The summed E-state index contributed by atoms with van der Waals surface area (Å²) in [6, 6.07) is 7.58. The Morgan fingerprint density at radius 3 is 2.87 bits per heavy atom. The summed E-state index contributed by atoms with van der Waals surface area (Å²) in [5, 5.41) is 4.01. The van der Waals surface area contributed by atoms with Crippen LogP contribution in [0.1, 0.15) is 24.9 Å². The Morgan fingerprint density at radius 1 is 1.39 bits per heavy atom. The number of hydrogen-bond donors (Lipinski definition) is 1. The van der Waals surface area contributed by atoms with Gasteiger partial charge in [0.1, 0.15) is 0 Å². The van der Waals surface area contributed by atoms with Gasteiger partial charge in [0.05, 0.1) is 12.0 Å². The van der Waals surface area contributed by atoms with Crippen molar-refractivity contribution in [1.29, 1.82) is 0 Å². The SMILES string of the molecule is CCN1CC(C(=O)N2CCNCC2c2ccccc2Cl)CC1=O. The first-order chi connectivity index (χ1) is 11.1. The molecule has 0 radical (unpaired) electrons. The van der Waals surface area contributed by atoms with Crippen LogP contribution in [0.2, 0.25) is 5.02 Å². The summed E-state index contributed by atoms with van der Waals surface area (Å²) in [6.45, 7) is 5.25. The summed E-state index contributed by atoms with van der Waals surface area (Å²) >= 11 is 6.33. The van der Waals surface area contributed by atoms with Crippen molar-refractivity contribution in [2.75, 3.05) is 32.7 Å². The maximum Gasteiger partial charge on any atom is 0.228 e. The summed E-state index contributed by atoms with van der Waals surface area (Å²) in [6.07, 6.45) is 0.325. The summed E-state index contributed by atoms with van der Waals surface area (Å²) in [5.74, 6) is -0.0819. The van der Waals surface area contributed by atoms with Crippen LogP contribution in [0.5, 0.6) is 0 Å². The topological polar surface area (TPSA) is 52.7 Å². The van der Waals surface area contributed by atoms with E-state index in [1.165, 1.54) is 0 Å². The fraction of sp³-hybridized carbons (Fsp3) is 0.529. The lowest BCUT2D eigenvalue weighted by Crippen LogP contribution is -2.50. The first-order valence-electron chi connectivity index (χ1n) is 8.15. The standard InChI is InChI=1S/C17H22ClN3O2/c1-2-20-11-12(9-16(20)22)17(23)21-8-7-19-10-15(21)13-5-3-4-6-14(13)18/h3-6,12,15,19H,2,7-11H2,1H3. The van der Waals surface area contributed by atoms with Gasteiger partial charge >= 0.3 is 0 Å². The molecule has 0 aromatic heterocycles. The Bertz CT molecular complexity index is 607. The molecule has 3 rings (SSSR count).